The van der Waals surface area contributed by atoms with E-state index in [4.69, 9.17) is 9.72 Å². The number of likely N-dealkylation sites (tertiary alicyclic amines) is 1. The van der Waals surface area contributed by atoms with Crippen molar-refractivity contribution >= 4 is 33.4 Å². The summed E-state index contributed by atoms with van der Waals surface area (Å²) in [4.78, 5) is 31.7. The fraction of sp³-hybridized carbons (Fsp3) is 0.250. The van der Waals surface area contributed by atoms with E-state index in [1.165, 1.54) is 6.20 Å². The van der Waals surface area contributed by atoms with Crippen LogP contribution in [0.3, 0.4) is 0 Å². The lowest BCUT2D eigenvalue weighted by Crippen LogP contribution is -2.41. The molecule has 7 nitrogen and oxygen atoms in total. The van der Waals surface area contributed by atoms with Crippen LogP contribution in [0.4, 0.5) is 0 Å². The molecule has 162 valence electrons. The highest BCUT2D eigenvalue weighted by atomic mass is 32.1. The van der Waals surface area contributed by atoms with Gasteiger partial charge in [0.15, 0.2) is 6.61 Å². The van der Waals surface area contributed by atoms with Crippen LogP contribution in [0.2, 0.25) is 0 Å². The van der Waals surface area contributed by atoms with Crippen molar-refractivity contribution in [2.75, 3.05) is 19.7 Å². The third-order valence-corrected chi connectivity index (χ3v) is 6.80. The summed E-state index contributed by atoms with van der Waals surface area (Å²) in [6, 6.07) is 17.6. The van der Waals surface area contributed by atoms with Gasteiger partial charge in [-0.05, 0) is 37.1 Å². The van der Waals surface area contributed by atoms with Gasteiger partial charge in [-0.1, -0.05) is 30.3 Å². The van der Waals surface area contributed by atoms with Crippen molar-refractivity contribution in [2.24, 2.45) is 0 Å². The largest absolute Gasteiger partial charge is 0.452 e. The van der Waals surface area contributed by atoms with Crippen molar-refractivity contribution in [3.8, 4) is 5.69 Å². The summed E-state index contributed by atoms with van der Waals surface area (Å²) in [7, 11) is 0. The van der Waals surface area contributed by atoms with Crippen molar-refractivity contribution in [1.82, 2.24) is 19.7 Å². The first kappa shape index (κ1) is 20.4. The standard InChI is InChI=1S/C24H22N4O3S/c29-22(16-31-24(30)18-13-25-28(15-18)19-8-2-1-3-9-19)27-12-6-7-17(14-27)23-26-20-10-4-5-11-21(20)32-23/h1-5,8-11,13,15,17H,6-7,12,14,16H2. The van der Waals surface area contributed by atoms with Crippen LogP contribution in [0.15, 0.2) is 67.0 Å². The third kappa shape index (κ3) is 4.27. The number of para-hydroxylation sites is 2. The minimum Gasteiger partial charge on any atom is -0.452 e. The zero-order chi connectivity index (χ0) is 21.9. The van der Waals surface area contributed by atoms with Gasteiger partial charge in [-0.3, -0.25) is 4.79 Å². The predicted molar refractivity (Wildman–Crippen MR) is 122 cm³/mol. The van der Waals surface area contributed by atoms with Crippen LogP contribution in [0.25, 0.3) is 15.9 Å². The fourth-order valence-electron chi connectivity index (χ4n) is 3.92. The van der Waals surface area contributed by atoms with E-state index in [0.29, 0.717) is 18.7 Å². The van der Waals surface area contributed by atoms with Gasteiger partial charge >= 0.3 is 5.97 Å². The molecule has 0 saturated carbocycles. The number of nitrogens with zero attached hydrogens (tertiary/aromatic N) is 4. The van der Waals surface area contributed by atoms with Crippen molar-refractivity contribution in [1.29, 1.82) is 0 Å². The van der Waals surface area contributed by atoms with E-state index in [0.717, 1.165) is 33.8 Å². The van der Waals surface area contributed by atoms with E-state index >= 15 is 0 Å². The molecule has 2 aromatic carbocycles. The maximum absolute atomic E-state index is 12.7. The molecule has 0 radical (unpaired) electrons. The second-order valence-corrected chi connectivity index (χ2v) is 8.85. The van der Waals surface area contributed by atoms with E-state index in [9.17, 15) is 9.59 Å². The van der Waals surface area contributed by atoms with Crippen LogP contribution >= 0.6 is 11.3 Å². The number of rotatable bonds is 5. The van der Waals surface area contributed by atoms with Gasteiger partial charge in [0.25, 0.3) is 5.91 Å². The molecular weight excluding hydrogens is 424 g/mol. The molecular formula is C24H22N4O3S. The molecule has 0 spiro atoms. The van der Waals surface area contributed by atoms with Gasteiger partial charge in [0, 0.05) is 25.2 Å². The van der Waals surface area contributed by atoms with Crippen molar-refractivity contribution in [3.63, 3.8) is 0 Å². The van der Waals surface area contributed by atoms with Crippen LogP contribution in [0, 0.1) is 0 Å². The average Bonchev–Trinajstić information content (AvgIpc) is 3.51. The second-order valence-electron chi connectivity index (χ2n) is 7.78. The van der Waals surface area contributed by atoms with Gasteiger partial charge in [0.2, 0.25) is 0 Å². The molecule has 2 aromatic heterocycles. The molecule has 3 heterocycles. The molecule has 4 aromatic rings. The Morgan fingerprint density at radius 1 is 1.09 bits per heavy atom. The first-order chi connectivity index (χ1) is 15.7. The quantitative estimate of drug-likeness (QED) is 0.432. The Hall–Kier alpha value is -3.52. The summed E-state index contributed by atoms with van der Waals surface area (Å²) in [5.41, 5.74) is 2.16. The molecule has 0 aliphatic carbocycles. The number of esters is 1. The Morgan fingerprint density at radius 3 is 2.75 bits per heavy atom. The Balaban J connectivity index is 1.18. The minimum atomic E-state index is -0.555. The number of benzene rings is 2. The lowest BCUT2D eigenvalue weighted by molar-refractivity contribution is -0.135. The number of piperidine rings is 1. The molecule has 32 heavy (non-hydrogen) atoms. The number of carbonyl (C=O) groups is 2. The lowest BCUT2D eigenvalue weighted by atomic mass is 9.99. The summed E-state index contributed by atoms with van der Waals surface area (Å²) in [6.45, 7) is 0.994. The minimum absolute atomic E-state index is 0.181. The maximum Gasteiger partial charge on any atom is 0.341 e. The number of amides is 1. The molecule has 1 aliphatic rings. The van der Waals surface area contributed by atoms with Gasteiger partial charge in [-0.25, -0.2) is 14.5 Å². The number of carbonyl (C=O) groups excluding carboxylic acids is 2. The van der Waals surface area contributed by atoms with Crippen LogP contribution in [0.1, 0.15) is 34.1 Å². The van der Waals surface area contributed by atoms with Crippen LogP contribution < -0.4 is 0 Å². The predicted octanol–water partition coefficient (Wildman–Crippen LogP) is 4.05. The number of fused-ring (bicyclic) bond motifs is 1. The van der Waals surface area contributed by atoms with Gasteiger partial charge in [0.05, 0.1) is 32.7 Å². The zero-order valence-corrected chi connectivity index (χ0v) is 18.2. The molecule has 0 N–H and O–H groups in total. The molecule has 1 amide bonds. The summed E-state index contributed by atoms with van der Waals surface area (Å²) in [5, 5.41) is 5.26. The van der Waals surface area contributed by atoms with E-state index in [1.54, 1.807) is 27.1 Å². The van der Waals surface area contributed by atoms with E-state index in [-0.39, 0.29) is 18.4 Å². The van der Waals surface area contributed by atoms with Gasteiger partial charge in [-0.2, -0.15) is 5.10 Å². The third-order valence-electron chi connectivity index (χ3n) is 5.60. The number of ether oxygens (including phenoxy) is 1. The van der Waals surface area contributed by atoms with Crippen molar-refractivity contribution < 1.29 is 14.3 Å². The smallest absolute Gasteiger partial charge is 0.341 e. The number of hydrogen-bond acceptors (Lipinski definition) is 6. The molecule has 1 aliphatic heterocycles. The zero-order valence-electron chi connectivity index (χ0n) is 17.4. The first-order valence-corrected chi connectivity index (χ1v) is 11.4. The number of aromatic nitrogens is 3. The van der Waals surface area contributed by atoms with Crippen molar-refractivity contribution in [2.45, 2.75) is 18.8 Å². The Bertz CT molecular complexity index is 1220. The highest BCUT2D eigenvalue weighted by Crippen LogP contribution is 2.33. The summed E-state index contributed by atoms with van der Waals surface area (Å²) < 4.78 is 8.05. The monoisotopic (exact) mass is 446 g/mol. The second kappa shape index (κ2) is 8.92. The van der Waals surface area contributed by atoms with Gasteiger partial charge in [-0.15, -0.1) is 11.3 Å². The molecule has 0 bridgehead atoms. The summed E-state index contributed by atoms with van der Waals surface area (Å²) >= 11 is 1.69. The fourth-order valence-corrected chi connectivity index (χ4v) is 5.02. The highest BCUT2D eigenvalue weighted by molar-refractivity contribution is 7.18. The topological polar surface area (TPSA) is 77.3 Å². The van der Waals surface area contributed by atoms with E-state index in [2.05, 4.69) is 11.2 Å². The summed E-state index contributed by atoms with van der Waals surface area (Å²) in [6.07, 6.45) is 4.96. The molecule has 5 rings (SSSR count). The first-order valence-electron chi connectivity index (χ1n) is 10.6. The highest BCUT2D eigenvalue weighted by Gasteiger charge is 2.27. The molecule has 1 unspecified atom stereocenters. The number of thiazole rings is 1. The SMILES string of the molecule is O=C(OCC(=O)N1CCCC(c2nc3ccccc3s2)C1)c1cnn(-c2ccccc2)c1. The summed E-state index contributed by atoms with van der Waals surface area (Å²) in [5.74, 6) is -0.523. The van der Waals surface area contributed by atoms with Crippen LogP contribution in [-0.2, 0) is 9.53 Å². The van der Waals surface area contributed by atoms with E-state index < -0.39 is 5.97 Å². The van der Waals surface area contributed by atoms with Crippen LogP contribution in [-0.4, -0.2) is 51.2 Å². The Labute approximate surface area is 189 Å². The normalized spacial score (nSPS) is 16.2. The lowest BCUT2D eigenvalue weighted by Gasteiger charge is -2.31. The molecule has 8 heteroatoms. The molecule has 1 fully saturated rings. The maximum atomic E-state index is 12.7. The average molecular weight is 447 g/mol. The van der Waals surface area contributed by atoms with Crippen molar-refractivity contribution in [3.05, 3.63) is 77.6 Å². The number of hydrogen-bond donors (Lipinski definition) is 0. The van der Waals surface area contributed by atoms with E-state index in [1.807, 2.05) is 48.5 Å². The van der Waals surface area contributed by atoms with Crippen LogP contribution in [0.5, 0.6) is 0 Å². The Kier molecular flexibility index (Phi) is 5.68. The van der Waals surface area contributed by atoms with Gasteiger partial charge < -0.3 is 9.64 Å². The molecule has 1 atom stereocenters. The Morgan fingerprint density at radius 2 is 1.91 bits per heavy atom. The molecule has 1 saturated heterocycles. The van der Waals surface area contributed by atoms with Gasteiger partial charge in [0.1, 0.15) is 0 Å².